The molecule has 3 nitrogen and oxygen atoms in total. The van der Waals surface area contributed by atoms with Gasteiger partial charge in [-0.2, -0.15) is 4.98 Å². The fourth-order valence-electron chi connectivity index (χ4n) is 0.940. The van der Waals surface area contributed by atoms with Gasteiger partial charge in [0, 0.05) is 13.1 Å². The molecule has 1 aromatic rings. The predicted molar refractivity (Wildman–Crippen MR) is 47.7 cm³/mol. The van der Waals surface area contributed by atoms with Gasteiger partial charge in [0.2, 0.25) is 5.38 Å². The quantitative estimate of drug-likeness (QED) is 0.704. The molecule has 1 N–H and O–H groups in total. The van der Waals surface area contributed by atoms with Gasteiger partial charge in [-0.3, -0.25) is 0 Å². The van der Waals surface area contributed by atoms with E-state index in [1.165, 1.54) is 0 Å². The maximum Gasteiger partial charge on any atom is 0.271 e. The van der Waals surface area contributed by atoms with Crippen molar-refractivity contribution in [2.24, 2.45) is 0 Å². The van der Waals surface area contributed by atoms with Crippen LogP contribution in [0.3, 0.4) is 0 Å². The zero-order chi connectivity index (χ0) is 8.27. The van der Waals surface area contributed by atoms with Crippen LogP contribution < -0.4 is 4.31 Å². The molecule has 0 aliphatic carbocycles. The number of rotatable bonds is 3. The highest BCUT2D eigenvalue weighted by Gasteiger charge is 2.15. The Morgan fingerprint density at radius 3 is 2.55 bits per heavy atom. The lowest BCUT2D eigenvalue weighted by Crippen LogP contribution is -2.19. The first-order chi connectivity index (χ1) is 5.27. The molecule has 1 unspecified atom stereocenters. The van der Waals surface area contributed by atoms with E-state index in [4.69, 9.17) is 5.11 Å². The zero-order valence-corrected chi connectivity index (χ0v) is 7.64. The third kappa shape index (κ3) is 1.91. The van der Waals surface area contributed by atoms with Crippen molar-refractivity contribution in [1.82, 2.24) is 4.98 Å². The van der Waals surface area contributed by atoms with E-state index in [0.717, 1.165) is 13.1 Å². The van der Waals surface area contributed by atoms with E-state index in [1.807, 2.05) is 0 Å². The van der Waals surface area contributed by atoms with E-state index in [-0.39, 0.29) is 16.5 Å². The molecule has 0 amide bonds. The highest BCUT2D eigenvalue weighted by Crippen LogP contribution is 2.23. The van der Waals surface area contributed by atoms with Crippen LogP contribution >= 0.6 is 10.7 Å². The van der Waals surface area contributed by atoms with Crippen LogP contribution in [-0.2, 0) is 0 Å². The minimum atomic E-state index is -0.0656. The normalized spacial score (nSPS) is 12.5. The van der Waals surface area contributed by atoms with Gasteiger partial charge in [-0.05, 0) is 13.8 Å². The summed E-state index contributed by atoms with van der Waals surface area (Å²) in [6.45, 7) is 6.20. The molecule has 11 heavy (non-hydrogen) atoms. The summed E-state index contributed by atoms with van der Waals surface area (Å²) in [6, 6.07) is 0. The summed E-state index contributed by atoms with van der Waals surface area (Å²) >= 11 is 0. The van der Waals surface area contributed by atoms with Crippen molar-refractivity contribution in [3.05, 3.63) is 10.9 Å². The van der Waals surface area contributed by atoms with Gasteiger partial charge >= 0.3 is 0 Å². The Labute approximate surface area is 69.4 Å². The minimum Gasteiger partial charge on any atom is -0.490 e. The average Bonchev–Trinajstić information content (AvgIpc) is 2.39. The van der Waals surface area contributed by atoms with Crippen molar-refractivity contribution in [1.29, 1.82) is 0 Å². The molecule has 1 rings (SSSR count). The van der Waals surface area contributed by atoms with Crippen LogP contribution in [0, 0.1) is 0 Å². The van der Waals surface area contributed by atoms with Crippen molar-refractivity contribution in [3.8, 4) is 5.88 Å². The van der Waals surface area contributed by atoms with Crippen LogP contribution in [0.4, 0.5) is 0 Å². The fraction of sp³-hybridized carbons (Fsp3) is 0.571. The van der Waals surface area contributed by atoms with Gasteiger partial charge in [0.05, 0.1) is 10.7 Å². The molecule has 1 aromatic heterocycles. The molecule has 1 atom stereocenters. The van der Waals surface area contributed by atoms with E-state index in [2.05, 4.69) is 23.1 Å². The number of aromatic nitrogens is 1. The van der Waals surface area contributed by atoms with E-state index in [0.29, 0.717) is 0 Å². The molecule has 0 aliphatic heterocycles. The molecule has 4 heteroatoms. The third-order valence-corrected chi connectivity index (χ3v) is 3.41. The predicted octanol–water partition coefficient (Wildman–Crippen LogP) is 1.51. The first kappa shape index (κ1) is 8.49. The summed E-state index contributed by atoms with van der Waals surface area (Å²) in [5.74, 6) is 0.153. The molecule has 0 saturated heterocycles. The topological polar surface area (TPSA) is 36.4 Å². The molecule has 1 heterocycles. The molecule has 0 fully saturated rings. The average molecular weight is 173 g/mol. The number of nitrogens with zero attached hydrogens (tertiary/aromatic N) is 2. The molecule has 0 saturated carbocycles. The monoisotopic (exact) mass is 173 g/mol. The summed E-state index contributed by atoms with van der Waals surface area (Å²) in [6.07, 6.45) is 0. The molecule has 0 radical (unpaired) electrons. The molecule has 0 aromatic carbocycles. The number of thiazole rings is 1. The molecular weight excluding hydrogens is 160 g/mol. The summed E-state index contributed by atoms with van der Waals surface area (Å²) in [7, 11) is -0.0656. The number of hydrogen-bond donors (Lipinski definition) is 1. The summed E-state index contributed by atoms with van der Waals surface area (Å²) < 4.78 is 2.24. The SMILES string of the molecule is CCN(CC)[s+]1cnc(O)c1. The maximum absolute atomic E-state index is 8.98. The third-order valence-electron chi connectivity index (χ3n) is 1.52. The Hall–Kier alpha value is -0.610. The molecule has 0 aliphatic rings. The lowest BCUT2D eigenvalue weighted by atomic mass is 10.7. The van der Waals surface area contributed by atoms with Gasteiger partial charge in [0.25, 0.3) is 11.4 Å². The van der Waals surface area contributed by atoms with E-state index in [9.17, 15) is 0 Å². The molecule has 0 spiro atoms. The summed E-state index contributed by atoms with van der Waals surface area (Å²) in [4.78, 5) is 3.80. The standard InChI is InChI=1S/C7H12N2OS/c1-3-9(4-2)11-5-7(10)8-6-11/h5-6H,3-4H2,1-2H3/p+1. The van der Waals surface area contributed by atoms with Crippen LogP contribution in [0.2, 0.25) is 0 Å². The van der Waals surface area contributed by atoms with Gasteiger partial charge in [-0.15, -0.1) is 4.31 Å². The largest absolute Gasteiger partial charge is 0.490 e. The lowest BCUT2D eigenvalue weighted by molar-refractivity contribution is 0.457. The van der Waals surface area contributed by atoms with Gasteiger partial charge in [-0.1, -0.05) is 0 Å². The Kier molecular flexibility index (Phi) is 2.84. The Bertz CT molecular complexity index is 220. The molecular formula is C7H13N2OS+. The van der Waals surface area contributed by atoms with E-state index in [1.54, 1.807) is 10.9 Å². The highest BCUT2D eigenvalue weighted by atomic mass is 32.2. The second kappa shape index (κ2) is 3.69. The summed E-state index contributed by atoms with van der Waals surface area (Å²) in [5.41, 5.74) is 1.79. The van der Waals surface area contributed by atoms with Crippen molar-refractivity contribution in [2.75, 3.05) is 17.4 Å². The van der Waals surface area contributed by atoms with Gasteiger partial charge in [0.1, 0.15) is 0 Å². The smallest absolute Gasteiger partial charge is 0.271 e. The van der Waals surface area contributed by atoms with Crippen molar-refractivity contribution >= 4 is 10.7 Å². The van der Waals surface area contributed by atoms with Crippen molar-refractivity contribution in [3.63, 3.8) is 0 Å². The second-order valence-electron chi connectivity index (χ2n) is 2.17. The Morgan fingerprint density at radius 2 is 2.18 bits per heavy atom. The first-order valence-corrected chi connectivity index (χ1v) is 5.00. The Morgan fingerprint density at radius 1 is 1.55 bits per heavy atom. The van der Waals surface area contributed by atoms with Gasteiger partial charge in [0.15, 0.2) is 0 Å². The fourth-order valence-corrected chi connectivity index (χ4v) is 2.37. The van der Waals surface area contributed by atoms with Gasteiger partial charge < -0.3 is 5.11 Å². The van der Waals surface area contributed by atoms with Gasteiger partial charge in [-0.25, -0.2) is 0 Å². The van der Waals surface area contributed by atoms with Crippen LogP contribution in [0.15, 0.2) is 10.9 Å². The minimum absolute atomic E-state index is 0.0656. The molecule has 0 bridgehead atoms. The second-order valence-corrected chi connectivity index (χ2v) is 3.83. The van der Waals surface area contributed by atoms with E-state index < -0.39 is 0 Å². The first-order valence-electron chi connectivity index (χ1n) is 3.69. The molecule has 62 valence electrons. The van der Waals surface area contributed by atoms with Crippen LogP contribution in [0.1, 0.15) is 13.8 Å². The Balaban J connectivity index is 2.73. The number of aromatic hydroxyl groups is 1. The van der Waals surface area contributed by atoms with Crippen molar-refractivity contribution < 1.29 is 5.11 Å². The zero-order valence-electron chi connectivity index (χ0n) is 6.82. The van der Waals surface area contributed by atoms with Crippen LogP contribution in [0.25, 0.3) is 0 Å². The summed E-state index contributed by atoms with van der Waals surface area (Å²) in [5, 5.41) is 10.8. The van der Waals surface area contributed by atoms with Crippen LogP contribution in [-0.4, -0.2) is 23.2 Å². The number of hydrogen-bond acceptors (Lipinski definition) is 3. The lowest BCUT2D eigenvalue weighted by Gasteiger charge is -2.04. The van der Waals surface area contributed by atoms with Crippen LogP contribution in [0.5, 0.6) is 5.88 Å². The van der Waals surface area contributed by atoms with Crippen molar-refractivity contribution in [2.45, 2.75) is 13.8 Å². The van der Waals surface area contributed by atoms with E-state index >= 15 is 0 Å². The highest BCUT2D eigenvalue weighted by molar-refractivity contribution is 7.30. The maximum atomic E-state index is 8.98.